The van der Waals surface area contributed by atoms with Crippen LogP contribution in [0.1, 0.15) is 26.3 Å². The van der Waals surface area contributed by atoms with Gasteiger partial charge in [0.2, 0.25) is 5.91 Å². The van der Waals surface area contributed by atoms with E-state index in [-0.39, 0.29) is 31.5 Å². The summed E-state index contributed by atoms with van der Waals surface area (Å²) in [6, 6.07) is 14.1. The van der Waals surface area contributed by atoms with Crippen molar-refractivity contribution in [2.75, 3.05) is 25.6 Å². The summed E-state index contributed by atoms with van der Waals surface area (Å²) in [7, 11) is 1.53. The number of methoxy groups -OCH3 is 1. The molecule has 0 aliphatic heterocycles. The summed E-state index contributed by atoms with van der Waals surface area (Å²) in [5, 5.41) is 7.83. The monoisotopic (exact) mass is 443 g/mol. The number of hydrogen-bond donors (Lipinski definition) is 3. The molecule has 32 heavy (non-hydrogen) atoms. The SMILES string of the molecule is COc1ccccc1OCC(=O)Nc1ccc(CNC(=O)CNC(=O)OC(C)(C)C)cc1. The van der Waals surface area contributed by atoms with Crippen LogP contribution in [0.25, 0.3) is 0 Å². The fourth-order valence-electron chi connectivity index (χ4n) is 2.51. The molecule has 0 aliphatic carbocycles. The van der Waals surface area contributed by atoms with Crippen molar-refractivity contribution in [3.8, 4) is 11.5 Å². The Hall–Kier alpha value is -3.75. The summed E-state index contributed by atoms with van der Waals surface area (Å²) < 4.78 is 15.7. The van der Waals surface area contributed by atoms with Crippen LogP contribution in [0.3, 0.4) is 0 Å². The Morgan fingerprint density at radius 1 is 0.875 bits per heavy atom. The van der Waals surface area contributed by atoms with E-state index in [0.29, 0.717) is 17.2 Å². The Bertz CT molecular complexity index is 922. The average Bonchev–Trinajstić information content (AvgIpc) is 2.75. The Balaban J connectivity index is 1.72. The first kappa shape index (κ1) is 24.5. The number of hydrogen-bond acceptors (Lipinski definition) is 6. The van der Waals surface area contributed by atoms with Crippen LogP contribution in [0, 0.1) is 0 Å². The smallest absolute Gasteiger partial charge is 0.408 e. The third-order valence-electron chi connectivity index (χ3n) is 3.95. The molecule has 9 nitrogen and oxygen atoms in total. The van der Waals surface area contributed by atoms with Crippen molar-refractivity contribution in [1.82, 2.24) is 10.6 Å². The molecule has 3 amide bonds. The normalized spacial score (nSPS) is 10.6. The summed E-state index contributed by atoms with van der Waals surface area (Å²) >= 11 is 0. The van der Waals surface area contributed by atoms with Gasteiger partial charge in [0.05, 0.1) is 7.11 Å². The van der Waals surface area contributed by atoms with E-state index >= 15 is 0 Å². The summed E-state index contributed by atoms with van der Waals surface area (Å²) in [6.07, 6.45) is -0.651. The lowest BCUT2D eigenvalue weighted by Crippen LogP contribution is -2.39. The zero-order chi connectivity index (χ0) is 23.6. The largest absolute Gasteiger partial charge is 0.493 e. The molecular weight excluding hydrogens is 414 g/mol. The van der Waals surface area contributed by atoms with E-state index in [0.717, 1.165) is 5.56 Å². The second-order valence-corrected chi connectivity index (χ2v) is 7.82. The second kappa shape index (κ2) is 11.6. The first-order valence-electron chi connectivity index (χ1n) is 10.0. The lowest BCUT2D eigenvalue weighted by atomic mass is 10.2. The highest BCUT2D eigenvalue weighted by atomic mass is 16.6. The van der Waals surface area contributed by atoms with Crippen LogP contribution in [0.5, 0.6) is 11.5 Å². The highest BCUT2D eigenvalue weighted by Gasteiger charge is 2.16. The molecule has 0 fully saturated rings. The van der Waals surface area contributed by atoms with Gasteiger partial charge in [-0.2, -0.15) is 0 Å². The lowest BCUT2D eigenvalue weighted by Gasteiger charge is -2.19. The number of nitrogens with one attached hydrogen (secondary N) is 3. The first-order valence-corrected chi connectivity index (χ1v) is 10.0. The highest BCUT2D eigenvalue weighted by Crippen LogP contribution is 2.25. The van der Waals surface area contributed by atoms with Gasteiger partial charge in [0.15, 0.2) is 18.1 Å². The third-order valence-corrected chi connectivity index (χ3v) is 3.95. The summed E-state index contributed by atoms with van der Waals surface area (Å²) in [5.74, 6) is 0.372. The van der Waals surface area contributed by atoms with Gasteiger partial charge in [-0.05, 0) is 50.6 Å². The van der Waals surface area contributed by atoms with Gasteiger partial charge < -0.3 is 30.2 Å². The second-order valence-electron chi connectivity index (χ2n) is 7.82. The summed E-state index contributed by atoms with van der Waals surface area (Å²) in [5.41, 5.74) is 0.803. The molecule has 172 valence electrons. The van der Waals surface area contributed by atoms with Crippen molar-refractivity contribution in [2.45, 2.75) is 32.9 Å². The Morgan fingerprint density at radius 3 is 2.16 bits per heavy atom. The Kier molecular flexibility index (Phi) is 8.88. The Morgan fingerprint density at radius 2 is 1.53 bits per heavy atom. The topological polar surface area (TPSA) is 115 Å². The van der Waals surface area contributed by atoms with E-state index < -0.39 is 11.7 Å². The van der Waals surface area contributed by atoms with Crippen molar-refractivity contribution in [3.05, 3.63) is 54.1 Å². The van der Waals surface area contributed by atoms with Crippen LogP contribution in [0.2, 0.25) is 0 Å². The van der Waals surface area contributed by atoms with Crippen molar-refractivity contribution in [1.29, 1.82) is 0 Å². The standard InChI is InChI=1S/C23H29N3O6/c1-23(2,3)32-22(29)25-14-20(27)24-13-16-9-11-17(12-10-16)26-21(28)15-31-19-8-6-5-7-18(19)30-4/h5-12H,13-15H2,1-4H3,(H,24,27)(H,25,29)(H,26,28). The number of carbonyl (C=O) groups is 3. The first-order chi connectivity index (χ1) is 15.2. The predicted molar refractivity (Wildman–Crippen MR) is 120 cm³/mol. The number of amides is 3. The van der Waals surface area contributed by atoms with Crippen LogP contribution in [-0.4, -0.2) is 43.8 Å². The van der Waals surface area contributed by atoms with Gasteiger partial charge >= 0.3 is 6.09 Å². The fourth-order valence-corrected chi connectivity index (χ4v) is 2.51. The lowest BCUT2D eigenvalue weighted by molar-refractivity contribution is -0.120. The molecule has 3 N–H and O–H groups in total. The molecule has 0 heterocycles. The van der Waals surface area contributed by atoms with Gasteiger partial charge in [-0.3, -0.25) is 9.59 Å². The van der Waals surface area contributed by atoms with Crippen molar-refractivity contribution in [2.24, 2.45) is 0 Å². The molecule has 0 aromatic heterocycles. The van der Waals surface area contributed by atoms with Crippen molar-refractivity contribution >= 4 is 23.6 Å². The molecule has 0 aliphatic rings. The molecule has 0 spiro atoms. The van der Waals surface area contributed by atoms with Crippen LogP contribution < -0.4 is 25.4 Å². The van der Waals surface area contributed by atoms with E-state index in [2.05, 4.69) is 16.0 Å². The Labute approximate surface area is 187 Å². The van der Waals surface area contributed by atoms with Crippen LogP contribution in [0.4, 0.5) is 10.5 Å². The molecule has 0 saturated heterocycles. The van der Waals surface area contributed by atoms with Crippen LogP contribution in [-0.2, 0) is 20.9 Å². The van der Waals surface area contributed by atoms with Crippen molar-refractivity contribution in [3.63, 3.8) is 0 Å². The maximum Gasteiger partial charge on any atom is 0.408 e. The van der Waals surface area contributed by atoms with Gasteiger partial charge in [-0.1, -0.05) is 24.3 Å². The molecular formula is C23H29N3O6. The molecule has 2 aromatic carbocycles. The number of anilines is 1. The molecule has 2 aromatic rings. The quantitative estimate of drug-likeness (QED) is 0.549. The molecule has 0 atom stereocenters. The van der Waals surface area contributed by atoms with Gasteiger partial charge in [0.25, 0.3) is 5.91 Å². The van der Waals surface area contributed by atoms with E-state index in [4.69, 9.17) is 14.2 Å². The fraction of sp³-hybridized carbons (Fsp3) is 0.348. The van der Waals surface area contributed by atoms with Crippen LogP contribution in [0.15, 0.2) is 48.5 Å². The van der Waals surface area contributed by atoms with Gasteiger partial charge in [-0.15, -0.1) is 0 Å². The summed E-state index contributed by atoms with van der Waals surface area (Å²) in [6.45, 7) is 5.16. The zero-order valence-corrected chi connectivity index (χ0v) is 18.7. The van der Waals surface area contributed by atoms with E-state index in [9.17, 15) is 14.4 Å². The highest BCUT2D eigenvalue weighted by molar-refractivity contribution is 5.91. The number of benzene rings is 2. The maximum absolute atomic E-state index is 12.1. The number of rotatable bonds is 9. The predicted octanol–water partition coefficient (Wildman–Crippen LogP) is 2.85. The molecule has 0 bridgehead atoms. The third kappa shape index (κ3) is 8.95. The van der Waals surface area contributed by atoms with Gasteiger partial charge in [0, 0.05) is 12.2 Å². The van der Waals surface area contributed by atoms with Gasteiger partial charge in [-0.25, -0.2) is 4.79 Å². The van der Waals surface area contributed by atoms with Crippen LogP contribution >= 0.6 is 0 Å². The van der Waals surface area contributed by atoms with Crippen molar-refractivity contribution < 1.29 is 28.6 Å². The number of para-hydroxylation sites is 2. The van der Waals surface area contributed by atoms with E-state index in [1.807, 2.05) is 6.07 Å². The molecule has 0 saturated carbocycles. The molecule has 0 radical (unpaired) electrons. The minimum atomic E-state index is -0.651. The average molecular weight is 444 g/mol. The molecule has 2 rings (SSSR count). The zero-order valence-electron chi connectivity index (χ0n) is 18.7. The minimum Gasteiger partial charge on any atom is -0.493 e. The maximum atomic E-state index is 12.1. The number of ether oxygens (including phenoxy) is 3. The molecule has 0 unspecified atom stereocenters. The van der Waals surface area contributed by atoms with E-state index in [1.54, 1.807) is 63.2 Å². The van der Waals surface area contributed by atoms with Gasteiger partial charge in [0.1, 0.15) is 12.1 Å². The summed E-state index contributed by atoms with van der Waals surface area (Å²) in [4.78, 5) is 35.6. The number of carbonyl (C=O) groups excluding carboxylic acids is 3. The van der Waals surface area contributed by atoms with E-state index in [1.165, 1.54) is 7.11 Å². The molecule has 9 heteroatoms. The number of alkyl carbamates (subject to hydrolysis) is 1. The minimum absolute atomic E-state index is 0.164.